The first-order valence-electron chi connectivity index (χ1n) is 8.65. The number of ether oxygens (including phenoxy) is 1. The van der Waals surface area contributed by atoms with E-state index in [4.69, 9.17) is 9.15 Å². The first-order valence-corrected chi connectivity index (χ1v) is 8.65. The molecule has 24 heavy (non-hydrogen) atoms. The van der Waals surface area contributed by atoms with Gasteiger partial charge in [-0.15, -0.1) is 0 Å². The monoisotopic (exact) mass is 326 g/mol. The van der Waals surface area contributed by atoms with Crippen molar-refractivity contribution in [1.82, 2.24) is 9.88 Å². The number of carbonyl (C=O) groups excluding carboxylic acids is 1. The Balaban J connectivity index is 1.51. The molecular formula is C19H22N2O3. The van der Waals surface area contributed by atoms with E-state index in [1.807, 2.05) is 17.0 Å². The van der Waals surface area contributed by atoms with Crippen molar-refractivity contribution in [3.8, 4) is 0 Å². The van der Waals surface area contributed by atoms with Gasteiger partial charge in [-0.05, 0) is 55.4 Å². The van der Waals surface area contributed by atoms with E-state index < -0.39 is 0 Å². The Morgan fingerprint density at radius 3 is 2.79 bits per heavy atom. The smallest absolute Gasteiger partial charge is 0.257 e. The lowest BCUT2D eigenvalue weighted by atomic mass is 10.0. The van der Waals surface area contributed by atoms with Gasteiger partial charge in [0, 0.05) is 25.5 Å². The van der Waals surface area contributed by atoms with Crippen molar-refractivity contribution in [1.29, 1.82) is 0 Å². The van der Waals surface area contributed by atoms with Crippen LogP contribution in [0.3, 0.4) is 0 Å². The lowest BCUT2D eigenvalue weighted by Gasteiger charge is -2.28. The standard InChI is InChI=1S/C19H22N2O3/c22-19(16-6-10-23-13-16)21-9-5-18(24-12-15-1-2-15)17(21)11-14-3-7-20-8-4-14/h3-4,6-8,10,13,15,17-18H,1-2,5,9,11-12H2/t17-,18+/m0/s1. The van der Waals surface area contributed by atoms with Crippen LogP contribution < -0.4 is 0 Å². The maximum Gasteiger partial charge on any atom is 0.257 e. The predicted molar refractivity (Wildman–Crippen MR) is 88.6 cm³/mol. The number of likely N-dealkylation sites (tertiary alicyclic amines) is 1. The van der Waals surface area contributed by atoms with Gasteiger partial charge in [0.2, 0.25) is 0 Å². The highest BCUT2D eigenvalue weighted by molar-refractivity contribution is 5.94. The van der Waals surface area contributed by atoms with Crippen molar-refractivity contribution < 1.29 is 13.9 Å². The van der Waals surface area contributed by atoms with Crippen LogP contribution in [0.2, 0.25) is 0 Å². The summed E-state index contributed by atoms with van der Waals surface area (Å²) in [5.41, 5.74) is 1.79. The van der Waals surface area contributed by atoms with Crippen LogP contribution in [0.4, 0.5) is 0 Å². The third kappa shape index (κ3) is 3.36. The molecule has 2 fully saturated rings. The molecule has 1 saturated heterocycles. The van der Waals surface area contributed by atoms with Gasteiger partial charge in [0.25, 0.3) is 5.91 Å². The fourth-order valence-corrected chi connectivity index (χ4v) is 3.37. The Kier molecular flexibility index (Phi) is 4.34. The van der Waals surface area contributed by atoms with Crippen molar-refractivity contribution in [3.63, 3.8) is 0 Å². The predicted octanol–water partition coefficient (Wildman–Crippen LogP) is 2.93. The Labute approximate surface area is 141 Å². The second-order valence-electron chi connectivity index (χ2n) is 6.74. The highest BCUT2D eigenvalue weighted by Gasteiger charge is 2.39. The maximum atomic E-state index is 12.8. The Bertz CT molecular complexity index is 667. The Hall–Kier alpha value is -2.14. The van der Waals surface area contributed by atoms with Gasteiger partial charge in [-0.1, -0.05) is 0 Å². The third-order valence-corrected chi connectivity index (χ3v) is 4.95. The molecule has 5 nitrogen and oxygen atoms in total. The molecule has 2 aliphatic rings. The van der Waals surface area contributed by atoms with Crippen LogP contribution in [-0.2, 0) is 11.2 Å². The molecule has 0 aromatic carbocycles. The lowest BCUT2D eigenvalue weighted by Crippen LogP contribution is -2.42. The highest BCUT2D eigenvalue weighted by Crippen LogP contribution is 2.32. The van der Waals surface area contributed by atoms with Crippen LogP contribution in [0.15, 0.2) is 47.5 Å². The molecule has 0 unspecified atom stereocenters. The van der Waals surface area contributed by atoms with Gasteiger partial charge in [0.05, 0.1) is 24.0 Å². The summed E-state index contributed by atoms with van der Waals surface area (Å²) in [6.07, 6.45) is 11.0. The molecule has 5 heteroatoms. The molecule has 0 spiro atoms. The van der Waals surface area contributed by atoms with E-state index in [0.29, 0.717) is 5.56 Å². The molecule has 0 N–H and O–H groups in total. The summed E-state index contributed by atoms with van der Waals surface area (Å²) in [5, 5.41) is 0. The molecule has 2 aromatic rings. The van der Waals surface area contributed by atoms with E-state index in [2.05, 4.69) is 4.98 Å². The zero-order chi connectivity index (χ0) is 16.4. The van der Waals surface area contributed by atoms with Crippen LogP contribution in [0.5, 0.6) is 0 Å². The molecule has 2 aromatic heterocycles. The Morgan fingerprint density at radius 2 is 2.08 bits per heavy atom. The molecule has 1 aliphatic carbocycles. The van der Waals surface area contributed by atoms with Crippen LogP contribution in [0.25, 0.3) is 0 Å². The molecular weight excluding hydrogens is 304 g/mol. The summed E-state index contributed by atoms with van der Waals surface area (Å²) in [6, 6.07) is 5.81. The van der Waals surface area contributed by atoms with Gasteiger partial charge in [0.1, 0.15) is 6.26 Å². The minimum atomic E-state index is 0.0281. The number of nitrogens with zero attached hydrogens (tertiary/aromatic N) is 2. The van der Waals surface area contributed by atoms with Gasteiger partial charge >= 0.3 is 0 Å². The Morgan fingerprint density at radius 1 is 1.25 bits per heavy atom. The van der Waals surface area contributed by atoms with Crippen molar-refractivity contribution in [3.05, 3.63) is 54.2 Å². The fourth-order valence-electron chi connectivity index (χ4n) is 3.37. The van der Waals surface area contributed by atoms with Crippen LogP contribution in [-0.4, -0.2) is 41.1 Å². The number of rotatable bonds is 6. The maximum absolute atomic E-state index is 12.8. The van der Waals surface area contributed by atoms with Crippen LogP contribution >= 0.6 is 0 Å². The highest BCUT2D eigenvalue weighted by atomic mass is 16.5. The number of furan rings is 1. The van der Waals surface area contributed by atoms with Crippen molar-refractivity contribution in [2.45, 2.75) is 37.8 Å². The van der Waals surface area contributed by atoms with Gasteiger partial charge in [-0.2, -0.15) is 0 Å². The number of pyridine rings is 1. The number of aromatic nitrogens is 1. The average molecular weight is 326 g/mol. The van der Waals surface area contributed by atoms with Crippen molar-refractivity contribution >= 4 is 5.91 Å². The molecule has 3 heterocycles. The topological polar surface area (TPSA) is 55.6 Å². The normalized spacial score (nSPS) is 23.6. The molecule has 0 bridgehead atoms. The summed E-state index contributed by atoms with van der Waals surface area (Å²) in [4.78, 5) is 18.8. The van der Waals surface area contributed by atoms with Gasteiger partial charge in [0.15, 0.2) is 0 Å². The van der Waals surface area contributed by atoms with Gasteiger partial charge < -0.3 is 14.1 Å². The largest absolute Gasteiger partial charge is 0.472 e. The van der Waals surface area contributed by atoms with Gasteiger partial charge in [-0.3, -0.25) is 9.78 Å². The quantitative estimate of drug-likeness (QED) is 0.819. The summed E-state index contributed by atoms with van der Waals surface area (Å²) in [5.74, 6) is 0.755. The number of hydrogen-bond donors (Lipinski definition) is 0. The molecule has 2 atom stereocenters. The van der Waals surface area contributed by atoms with E-state index in [1.54, 1.807) is 24.7 Å². The van der Waals surface area contributed by atoms with Crippen molar-refractivity contribution in [2.75, 3.05) is 13.2 Å². The van der Waals surface area contributed by atoms with E-state index >= 15 is 0 Å². The second kappa shape index (κ2) is 6.77. The molecule has 1 aliphatic heterocycles. The first-order chi connectivity index (χ1) is 11.8. The molecule has 1 amide bonds. The average Bonchev–Trinajstić information content (AvgIpc) is 3.12. The van der Waals surface area contributed by atoms with E-state index in [-0.39, 0.29) is 18.1 Å². The zero-order valence-electron chi connectivity index (χ0n) is 13.6. The van der Waals surface area contributed by atoms with E-state index in [9.17, 15) is 4.79 Å². The summed E-state index contributed by atoms with van der Waals surface area (Å²) < 4.78 is 11.3. The zero-order valence-corrected chi connectivity index (χ0v) is 13.6. The number of hydrogen-bond acceptors (Lipinski definition) is 4. The van der Waals surface area contributed by atoms with E-state index in [0.717, 1.165) is 31.9 Å². The summed E-state index contributed by atoms with van der Waals surface area (Å²) in [6.45, 7) is 1.56. The first kappa shape index (κ1) is 15.4. The molecule has 0 radical (unpaired) electrons. The second-order valence-corrected chi connectivity index (χ2v) is 6.74. The summed E-state index contributed by atoms with van der Waals surface area (Å²) in [7, 11) is 0. The minimum Gasteiger partial charge on any atom is -0.472 e. The minimum absolute atomic E-state index is 0.0281. The number of amides is 1. The SMILES string of the molecule is O=C(c1ccoc1)N1CC[C@@H](OCC2CC2)[C@@H]1Cc1ccncc1. The molecule has 1 saturated carbocycles. The fraction of sp³-hybridized carbons (Fsp3) is 0.474. The van der Waals surface area contributed by atoms with Crippen LogP contribution in [0, 0.1) is 5.92 Å². The number of carbonyl (C=O) groups is 1. The van der Waals surface area contributed by atoms with Crippen molar-refractivity contribution in [2.24, 2.45) is 5.92 Å². The third-order valence-electron chi connectivity index (χ3n) is 4.95. The van der Waals surface area contributed by atoms with E-state index in [1.165, 1.54) is 24.7 Å². The van der Waals surface area contributed by atoms with Gasteiger partial charge in [-0.25, -0.2) is 0 Å². The summed E-state index contributed by atoms with van der Waals surface area (Å²) >= 11 is 0. The lowest BCUT2D eigenvalue weighted by molar-refractivity contribution is 0.0200. The molecule has 126 valence electrons. The molecule has 4 rings (SSSR count). The van der Waals surface area contributed by atoms with Crippen LogP contribution in [0.1, 0.15) is 35.2 Å².